The highest BCUT2D eigenvalue weighted by Gasteiger charge is 2.29. The van der Waals surface area contributed by atoms with E-state index in [0.29, 0.717) is 50.0 Å². The van der Waals surface area contributed by atoms with Gasteiger partial charge in [0, 0.05) is 43.3 Å². The molecule has 1 atom stereocenters. The molecular weight excluding hydrogens is 476 g/mol. The smallest absolute Gasteiger partial charge is 0.243 e. The van der Waals surface area contributed by atoms with E-state index in [1.807, 2.05) is 4.90 Å². The molecule has 0 amide bonds. The number of fused-ring (bicyclic) bond motifs is 1. The standard InChI is InChI=1S/C20H23BrN2O6S/c21-15-2-1-3-18(10-15)30(25,26)23-8-6-22(7-9-23)12-16(24)13-27-17-4-5-19-20(11-17)29-14-28-19/h1-5,10-11,16,24H,6-9,12-14H2. The summed E-state index contributed by atoms with van der Waals surface area (Å²) in [5.41, 5.74) is 0. The summed E-state index contributed by atoms with van der Waals surface area (Å²) in [5.74, 6) is 1.91. The topological polar surface area (TPSA) is 88.5 Å². The largest absolute Gasteiger partial charge is 0.491 e. The highest BCUT2D eigenvalue weighted by molar-refractivity contribution is 9.10. The van der Waals surface area contributed by atoms with E-state index in [-0.39, 0.29) is 18.3 Å². The first-order chi connectivity index (χ1) is 14.4. The highest BCUT2D eigenvalue weighted by Crippen LogP contribution is 2.35. The Kier molecular flexibility index (Phi) is 6.49. The maximum atomic E-state index is 12.8. The van der Waals surface area contributed by atoms with Gasteiger partial charge in [-0.1, -0.05) is 22.0 Å². The second-order valence-corrected chi connectivity index (χ2v) is 10.00. The van der Waals surface area contributed by atoms with Crippen LogP contribution in [0.4, 0.5) is 0 Å². The summed E-state index contributed by atoms with van der Waals surface area (Å²) in [6.45, 7) is 2.61. The molecular formula is C20H23BrN2O6S. The van der Waals surface area contributed by atoms with Gasteiger partial charge in [-0.25, -0.2) is 8.42 Å². The second-order valence-electron chi connectivity index (χ2n) is 7.14. The molecule has 30 heavy (non-hydrogen) atoms. The molecule has 2 aromatic carbocycles. The third-order valence-corrected chi connectivity index (χ3v) is 7.41. The van der Waals surface area contributed by atoms with E-state index in [1.165, 1.54) is 4.31 Å². The van der Waals surface area contributed by atoms with Gasteiger partial charge in [-0.05, 0) is 30.3 Å². The molecule has 1 unspecified atom stereocenters. The summed E-state index contributed by atoms with van der Waals surface area (Å²) in [6, 6.07) is 12.0. The van der Waals surface area contributed by atoms with Crippen LogP contribution in [0.1, 0.15) is 0 Å². The minimum Gasteiger partial charge on any atom is -0.491 e. The Hall–Kier alpha value is -1.85. The molecule has 0 aromatic heterocycles. The minimum atomic E-state index is -3.52. The SMILES string of the molecule is O=S(=O)(c1cccc(Br)c1)N1CCN(CC(O)COc2ccc3c(c2)OCO3)CC1. The van der Waals surface area contributed by atoms with Gasteiger partial charge in [0.15, 0.2) is 11.5 Å². The number of benzene rings is 2. The van der Waals surface area contributed by atoms with Crippen molar-refractivity contribution in [2.45, 2.75) is 11.0 Å². The molecule has 0 radical (unpaired) electrons. The van der Waals surface area contributed by atoms with Gasteiger partial charge < -0.3 is 19.3 Å². The van der Waals surface area contributed by atoms with Crippen molar-refractivity contribution in [3.05, 3.63) is 46.9 Å². The predicted molar refractivity (Wildman–Crippen MR) is 113 cm³/mol. The molecule has 10 heteroatoms. The van der Waals surface area contributed by atoms with Gasteiger partial charge in [0.2, 0.25) is 16.8 Å². The second kappa shape index (κ2) is 9.11. The van der Waals surface area contributed by atoms with E-state index in [0.717, 1.165) is 4.47 Å². The highest BCUT2D eigenvalue weighted by atomic mass is 79.9. The molecule has 2 aliphatic rings. The van der Waals surface area contributed by atoms with Crippen molar-refractivity contribution in [1.82, 2.24) is 9.21 Å². The molecule has 1 saturated heterocycles. The van der Waals surface area contributed by atoms with Gasteiger partial charge in [0.1, 0.15) is 18.5 Å². The lowest BCUT2D eigenvalue weighted by molar-refractivity contribution is 0.0568. The van der Waals surface area contributed by atoms with Gasteiger partial charge in [0.05, 0.1) is 4.90 Å². The summed E-state index contributed by atoms with van der Waals surface area (Å²) >= 11 is 3.32. The fourth-order valence-corrected chi connectivity index (χ4v) is 5.46. The Labute approximate surface area is 184 Å². The Morgan fingerprint density at radius 3 is 2.60 bits per heavy atom. The fourth-order valence-electron chi connectivity index (χ4n) is 3.44. The molecule has 2 aromatic rings. The van der Waals surface area contributed by atoms with Crippen molar-refractivity contribution in [2.75, 3.05) is 46.1 Å². The molecule has 0 bridgehead atoms. The predicted octanol–water partition coefficient (Wildman–Crippen LogP) is 1.92. The molecule has 0 aliphatic carbocycles. The summed E-state index contributed by atoms with van der Waals surface area (Å²) in [5, 5.41) is 10.3. The van der Waals surface area contributed by atoms with Crippen molar-refractivity contribution in [3.63, 3.8) is 0 Å². The van der Waals surface area contributed by atoms with Crippen molar-refractivity contribution in [3.8, 4) is 17.2 Å². The third kappa shape index (κ3) is 4.89. The van der Waals surface area contributed by atoms with Crippen LogP contribution in [0.3, 0.4) is 0 Å². The molecule has 1 fully saturated rings. The van der Waals surface area contributed by atoms with Crippen LogP contribution in [-0.2, 0) is 10.0 Å². The molecule has 8 nitrogen and oxygen atoms in total. The van der Waals surface area contributed by atoms with Crippen molar-refractivity contribution in [1.29, 1.82) is 0 Å². The van der Waals surface area contributed by atoms with Gasteiger partial charge in [-0.2, -0.15) is 4.31 Å². The quantitative estimate of drug-likeness (QED) is 0.623. The van der Waals surface area contributed by atoms with Crippen LogP contribution in [-0.4, -0.2) is 75.0 Å². The summed E-state index contributed by atoms with van der Waals surface area (Å²) in [4.78, 5) is 2.32. The summed E-state index contributed by atoms with van der Waals surface area (Å²) in [6.07, 6.45) is -0.691. The van der Waals surface area contributed by atoms with Crippen LogP contribution in [0.25, 0.3) is 0 Å². The van der Waals surface area contributed by atoms with Gasteiger partial charge in [0.25, 0.3) is 0 Å². The molecule has 4 rings (SSSR count). The number of sulfonamides is 1. The molecule has 2 heterocycles. The Balaban J connectivity index is 1.25. The monoisotopic (exact) mass is 498 g/mol. The normalized spacial score (nSPS) is 18.3. The van der Waals surface area contributed by atoms with E-state index in [4.69, 9.17) is 14.2 Å². The molecule has 1 N–H and O–H groups in total. The maximum absolute atomic E-state index is 12.8. The van der Waals surface area contributed by atoms with Crippen LogP contribution in [0.5, 0.6) is 17.2 Å². The van der Waals surface area contributed by atoms with Crippen LogP contribution in [0.2, 0.25) is 0 Å². The summed E-state index contributed by atoms with van der Waals surface area (Å²) in [7, 11) is -3.52. The number of piperazine rings is 1. The van der Waals surface area contributed by atoms with Gasteiger partial charge >= 0.3 is 0 Å². The number of nitrogens with zero attached hydrogens (tertiary/aromatic N) is 2. The number of hydrogen-bond donors (Lipinski definition) is 1. The zero-order chi connectivity index (χ0) is 21.1. The van der Waals surface area contributed by atoms with E-state index < -0.39 is 16.1 Å². The first-order valence-corrected chi connectivity index (χ1v) is 11.8. The van der Waals surface area contributed by atoms with Crippen LogP contribution in [0, 0.1) is 0 Å². The molecule has 0 spiro atoms. The van der Waals surface area contributed by atoms with E-state index >= 15 is 0 Å². The lowest BCUT2D eigenvalue weighted by atomic mass is 10.3. The lowest BCUT2D eigenvalue weighted by Crippen LogP contribution is -2.50. The lowest BCUT2D eigenvalue weighted by Gasteiger charge is -2.34. The fraction of sp³-hybridized carbons (Fsp3) is 0.400. The number of aliphatic hydroxyl groups excluding tert-OH is 1. The van der Waals surface area contributed by atoms with Crippen molar-refractivity contribution in [2.24, 2.45) is 0 Å². The number of aliphatic hydroxyl groups is 1. The number of β-amino-alcohol motifs (C(OH)–C–C–N with tert-alkyl or cyclic N) is 1. The first-order valence-electron chi connectivity index (χ1n) is 9.60. The third-order valence-electron chi connectivity index (χ3n) is 5.02. The van der Waals surface area contributed by atoms with Crippen molar-refractivity contribution >= 4 is 26.0 Å². The average Bonchev–Trinajstić information content (AvgIpc) is 3.20. The molecule has 162 valence electrons. The number of ether oxygens (including phenoxy) is 3. The Bertz CT molecular complexity index is 995. The Morgan fingerprint density at radius 1 is 1.07 bits per heavy atom. The number of halogens is 1. The number of hydrogen-bond acceptors (Lipinski definition) is 7. The van der Waals surface area contributed by atoms with Gasteiger partial charge in [-0.15, -0.1) is 0 Å². The van der Waals surface area contributed by atoms with Gasteiger partial charge in [-0.3, -0.25) is 4.90 Å². The first kappa shape index (κ1) is 21.4. The van der Waals surface area contributed by atoms with Crippen LogP contribution < -0.4 is 14.2 Å². The van der Waals surface area contributed by atoms with Crippen LogP contribution >= 0.6 is 15.9 Å². The number of rotatable bonds is 7. The Morgan fingerprint density at radius 2 is 1.83 bits per heavy atom. The minimum absolute atomic E-state index is 0.135. The van der Waals surface area contributed by atoms with Crippen LogP contribution in [0.15, 0.2) is 51.8 Å². The average molecular weight is 499 g/mol. The van der Waals surface area contributed by atoms with Crippen molar-refractivity contribution < 1.29 is 27.7 Å². The van der Waals surface area contributed by atoms with E-state index in [2.05, 4.69) is 15.9 Å². The molecule has 0 saturated carbocycles. The molecule has 2 aliphatic heterocycles. The summed E-state index contributed by atoms with van der Waals surface area (Å²) < 4.78 is 44.1. The van der Waals surface area contributed by atoms with E-state index in [1.54, 1.807) is 42.5 Å². The zero-order valence-electron chi connectivity index (χ0n) is 16.2. The maximum Gasteiger partial charge on any atom is 0.243 e. The zero-order valence-corrected chi connectivity index (χ0v) is 18.6. The van der Waals surface area contributed by atoms with E-state index in [9.17, 15) is 13.5 Å².